The van der Waals surface area contributed by atoms with E-state index in [0.29, 0.717) is 46.4 Å². The smallest absolute Gasteiger partial charge is 0.272 e. The molecule has 2 aliphatic rings. The molecule has 4 heterocycles. The van der Waals surface area contributed by atoms with Crippen molar-refractivity contribution in [1.82, 2.24) is 14.9 Å². The molecule has 1 aromatic carbocycles. The van der Waals surface area contributed by atoms with Crippen molar-refractivity contribution in [3.05, 3.63) is 45.6 Å². The maximum Gasteiger partial charge on any atom is 0.272 e. The first-order valence-corrected chi connectivity index (χ1v) is 12.8. The third-order valence-electron chi connectivity index (χ3n) is 5.75. The Balaban J connectivity index is 1.41. The number of rotatable bonds is 8. The van der Waals surface area contributed by atoms with E-state index in [4.69, 9.17) is 19.2 Å². The van der Waals surface area contributed by atoms with Gasteiger partial charge in [-0.3, -0.25) is 14.2 Å². The quantitative estimate of drug-likeness (QED) is 0.385. The molecule has 1 fully saturated rings. The fraction of sp³-hybridized carbons (Fsp3) is 0.435. The summed E-state index contributed by atoms with van der Waals surface area (Å²) in [7, 11) is 0. The Bertz CT molecular complexity index is 1220. The summed E-state index contributed by atoms with van der Waals surface area (Å²) in [6, 6.07) is 7.49. The summed E-state index contributed by atoms with van der Waals surface area (Å²) in [6.45, 7) is 3.75. The Labute approximate surface area is 199 Å². The number of carbonyl (C=O) groups excluding carboxylic acids is 1. The van der Waals surface area contributed by atoms with E-state index in [0.717, 1.165) is 25.0 Å². The number of nitrogens with zero attached hydrogens (tertiary/aromatic N) is 2. The molecule has 0 radical (unpaired) electrons. The Morgan fingerprint density at radius 1 is 1.33 bits per heavy atom. The lowest BCUT2D eigenvalue weighted by atomic mass is 10.2. The number of fused-ring (bicyclic) bond motifs is 2. The standard InChI is InChI=1S/C23H25N3O5S2/c1-2-19(21(27)24-11-15-4-3-8-29-15)33-23-25-16-7-9-32-20(16)22(28)26(23)12-14-5-6-17-18(10-14)31-13-30-17/h5-7,9-10,15,19H,2-4,8,11-13H2,1H3,(H,24,27)/t15-,19+/m0/s1. The average Bonchev–Trinajstić information content (AvgIpc) is 3.59. The molecule has 1 saturated heterocycles. The van der Waals surface area contributed by atoms with E-state index < -0.39 is 0 Å². The molecule has 174 valence electrons. The lowest BCUT2D eigenvalue weighted by molar-refractivity contribution is -0.121. The number of hydrogen-bond donors (Lipinski definition) is 1. The number of thioether (sulfide) groups is 1. The van der Waals surface area contributed by atoms with Crippen LogP contribution in [0.3, 0.4) is 0 Å². The molecule has 1 N–H and O–H groups in total. The van der Waals surface area contributed by atoms with E-state index in [1.54, 1.807) is 4.57 Å². The number of carbonyl (C=O) groups is 1. The summed E-state index contributed by atoms with van der Waals surface area (Å²) >= 11 is 2.71. The van der Waals surface area contributed by atoms with E-state index >= 15 is 0 Å². The Morgan fingerprint density at radius 3 is 3.03 bits per heavy atom. The van der Waals surface area contributed by atoms with Crippen molar-refractivity contribution in [1.29, 1.82) is 0 Å². The maximum atomic E-state index is 13.3. The fourth-order valence-electron chi connectivity index (χ4n) is 3.96. The van der Waals surface area contributed by atoms with Crippen LogP contribution in [0, 0.1) is 0 Å². The van der Waals surface area contributed by atoms with Gasteiger partial charge in [0.2, 0.25) is 12.7 Å². The van der Waals surface area contributed by atoms with Crippen LogP contribution in [-0.2, 0) is 16.1 Å². The zero-order valence-corrected chi connectivity index (χ0v) is 19.9. The highest BCUT2D eigenvalue weighted by Crippen LogP contribution is 2.33. The van der Waals surface area contributed by atoms with Gasteiger partial charge >= 0.3 is 0 Å². The molecule has 0 spiro atoms. The molecule has 2 atom stereocenters. The van der Waals surface area contributed by atoms with Crippen molar-refractivity contribution < 1.29 is 19.0 Å². The van der Waals surface area contributed by atoms with E-state index in [2.05, 4.69) is 5.32 Å². The third kappa shape index (κ3) is 4.73. The summed E-state index contributed by atoms with van der Waals surface area (Å²) in [5.74, 6) is 1.30. The molecule has 1 amide bonds. The predicted molar refractivity (Wildman–Crippen MR) is 127 cm³/mol. The van der Waals surface area contributed by atoms with Crippen LogP contribution < -0.4 is 20.3 Å². The first kappa shape index (κ1) is 22.2. The van der Waals surface area contributed by atoms with Gasteiger partial charge < -0.3 is 19.5 Å². The number of nitrogens with one attached hydrogen (secondary N) is 1. The van der Waals surface area contributed by atoms with Crippen LogP contribution in [0.2, 0.25) is 0 Å². The molecular weight excluding hydrogens is 462 g/mol. The number of thiophene rings is 1. The zero-order chi connectivity index (χ0) is 22.8. The molecule has 5 rings (SSSR count). The molecule has 2 aromatic heterocycles. The van der Waals surface area contributed by atoms with Gasteiger partial charge in [0.05, 0.1) is 23.4 Å². The van der Waals surface area contributed by atoms with Crippen LogP contribution in [0.1, 0.15) is 31.7 Å². The summed E-state index contributed by atoms with van der Waals surface area (Å²) in [5.41, 5.74) is 1.45. The van der Waals surface area contributed by atoms with Gasteiger partial charge in [-0.2, -0.15) is 0 Å². The molecule has 3 aromatic rings. The Kier molecular flexibility index (Phi) is 6.57. The van der Waals surface area contributed by atoms with Crippen molar-refractivity contribution in [2.24, 2.45) is 0 Å². The maximum absolute atomic E-state index is 13.3. The lowest BCUT2D eigenvalue weighted by Crippen LogP contribution is -2.37. The number of ether oxygens (including phenoxy) is 3. The summed E-state index contributed by atoms with van der Waals surface area (Å²) in [4.78, 5) is 31.0. The summed E-state index contributed by atoms with van der Waals surface area (Å²) < 4.78 is 18.7. The topological polar surface area (TPSA) is 91.7 Å². The van der Waals surface area contributed by atoms with Crippen LogP contribution in [0.25, 0.3) is 10.2 Å². The number of amides is 1. The second-order valence-electron chi connectivity index (χ2n) is 8.00. The predicted octanol–water partition coefficient (Wildman–Crippen LogP) is 3.40. The second kappa shape index (κ2) is 9.74. The molecule has 0 saturated carbocycles. The van der Waals surface area contributed by atoms with Crippen LogP contribution >= 0.6 is 23.1 Å². The van der Waals surface area contributed by atoms with Crippen LogP contribution in [-0.4, -0.2) is 46.8 Å². The van der Waals surface area contributed by atoms with Gasteiger partial charge in [0.1, 0.15) is 4.70 Å². The van der Waals surface area contributed by atoms with Gasteiger partial charge in [-0.05, 0) is 48.4 Å². The molecule has 0 unspecified atom stereocenters. The first-order chi connectivity index (χ1) is 16.1. The molecule has 2 aliphatic heterocycles. The number of hydrogen-bond acceptors (Lipinski definition) is 8. The molecule has 33 heavy (non-hydrogen) atoms. The SMILES string of the molecule is CC[C@@H](Sc1nc2ccsc2c(=O)n1Cc1ccc2c(c1)OCO2)C(=O)NC[C@@H]1CCCO1. The van der Waals surface area contributed by atoms with Gasteiger partial charge in [-0.15, -0.1) is 11.3 Å². The molecule has 10 heteroatoms. The third-order valence-corrected chi connectivity index (χ3v) is 7.99. The van der Waals surface area contributed by atoms with E-state index in [1.807, 2.05) is 36.6 Å². The van der Waals surface area contributed by atoms with E-state index in [-0.39, 0.29) is 29.6 Å². The van der Waals surface area contributed by atoms with Crippen molar-refractivity contribution in [3.63, 3.8) is 0 Å². The van der Waals surface area contributed by atoms with E-state index in [1.165, 1.54) is 23.1 Å². The highest BCUT2D eigenvalue weighted by Gasteiger charge is 2.24. The highest BCUT2D eigenvalue weighted by molar-refractivity contribution is 8.00. The van der Waals surface area contributed by atoms with Crippen molar-refractivity contribution in [2.45, 2.75) is 49.2 Å². The normalized spacial score (nSPS) is 18.0. The fourth-order valence-corrected chi connectivity index (χ4v) is 5.77. The Hall–Kier alpha value is -2.56. The highest BCUT2D eigenvalue weighted by atomic mass is 32.2. The molecule has 0 bridgehead atoms. The minimum absolute atomic E-state index is 0.0627. The minimum Gasteiger partial charge on any atom is -0.454 e. The first-order valence-electron chi connectivity index (χ1n) is 11.0. The second-order valence-corrected chi connectivity index (χ2v) is 10.1. The largest absolute Gasteiger partial charge is 0.454 e. The number of aromatic nitrogens is 2. The van der Waals surface area contributed by atoms with Crippen molar-refractivity contribution >= 4 is 39.2 Å². The van der Waals surface area contributed by atoms with Crippen LogP contribution in [0.5, 0.6) is 11.5 Å². The van der Waals surface area contributed by atoms with Gasteiger partial charge in [0.15, 0.2) is 16.7 Å². The number of benzene rings is 1. The van der Waals surface area contributed by atoms with Gasteiger partial charge in [0, 0.05) is 13.2 Å². The van der Waals surface area contributed by atoms with Gasteiger partial charge in [-0.25, -0.2) is 4.98 Å². The van der Waals surface area contributed by atoms with E-state index in [9.17, 15) is 9.59 Å². The van der Waals surface area contributed by atoms with Crippen LogP contribution in [0.4, 0.5) is 0 Å². The van der Waals surface area contributed by atoms with Gasteiger partial charge in [0.25, 0.3) is 5.56 Å². The summed E-state index contributed by atoms with van der Waals surface area (Å²) in [6.07, 6.45) is 2.70. The van der Waals surface area contributed by atoms with Crippen molar-refractivity contribution in [2.75, 3.05) is 19.9 Å². The molecule has 0 aliphatic carbocycles. The minimum atomic E-state index is -0.364. The average molecular weight is 488 g/mol. The summed E-state index contributed by atoms with van der Waals surface area (Å²) in [5, 5.41) is 5.04. The monoisotopic (exact) mass is 487 g/mol. The van der Waals surface area contributed by atoms with Crippen molar-refractivity contribution in [3.8, 4) is 11.5 Å². The molecular formula is C23H25N3O5S2. The molecule has 8 nitrogen and oxygen atoms in total. The van der Waals surface area contributed by atoms with Crippen LogP contribution in [0.15, 0.2) is 39.6 Å². The van der Waals surface area contributed by atoms with Gasteiger partial charge in [-0.1, -0.05) is 24.8 Å². The zero-order valence-electron chi connectivity index (χ0n) is 18.2. The lowest BCUT2D eigenvalue weighted by Gasteiger charge is -2.18. The Morgan fingerprint density at radius 2 is 2.21 bits per heavy atom.